The van der Waals surface area contributed by atoms with Gasteiger partial charge in [0.05, 0.1) is 25.0 Å². The predicted octanol–water partition coefficient (Wildman–Crippen LogP) is 2.19. The van der Waals surface area contributed by atoms with Gasteiger partial charge in [0.25, 0.3) is 0 Å². The Bertz CT molecular complexity index is 471. The van der Waals surface area contributed by atoms with E-state index in [0.717, 1.165) is 31.1 Å². The number of aromatic nitrogens is 2. The molecule has 1 N–H and O–H groups in total. The van der Waals surface area contributed by atoms with Crippen LogP contribution in [0.3, 0.4) is 0 Å². The van der Waals surface area contributed by atoms with Gasteiger partial charge in [0.1, 0.15) is 5.76 Å². The van der Waals surface area contributed by atoms with Gasteiger partial charge in [-0.05, 0) is 38.5 Å². The molecule has 0 fully saturated rings. The predicted molar refractivity (Wildman–Crippen MR) is 66.9 cm³/mol. The molecule has 2 aromatic heterocycles. The van der Waals surface area contributed by atoms with Crippen molar-refractivity contribution in [2.24, 2.45) is 0 Å². The van der Waals surface area contributed by atoms with Crippen LogP contribution in [0.25, 0.3) is 0 Å². The number of nitrogens with one attached hydrogen (secondary N) is 1. The number of hydrogen-bond acceptors (Lipinski definition) is 3. The second-order valence-electron chi connectivity index (χ2n) is 4.28. The van der Waals surface area contributed by atoms with Crippen LogP contribution in [0, 0.1) is 20.8 Å². The maximum absolute atomic E-state index is 5.25. The molecule has 0 radical (unpaired) electrons. The molecule has 0 aliphatic heterocycles. The highest BCUT2D eigenvalue weighted by molar-refractivity contribution is 5.22. The molecule has 0 atom stereocenters. The van der Waals surface area contributed by atoms with Gasteiger partial charge in [-0.25, -0.2) is 0 Å². The normalized spacial score (nSPS) is 11.0. The van der Waals surface area contributed by atoms with Gasteiger partial charge in [-0.1, -0.05) is 0 Å². The van der Waals surface area contributed by atoms with E-state index in [1.807, 2.05) is 12.1 Å². The Morgan fingerprint density at radius 2 is 2.18 bits per heavy atom. The zero-order valence-corrected chi connectivity index (χ0v) is 10.7. The van der Waals surface area contributed by atoms with Crippen LogP contribution in [0.4, 0.5) is 0 Å². The van der Waals surface area contributed by atoms with E-state index in [4.69, 9.17) is 4.42 Å². The van der Waals surface area contributed by atoms with Crippen molar-refractivity contribution in [1.82, 2.24) is 15.1 Å². The highest BCUT2D eigenvalue weighted by atomic mass is 16.3. The summed E-state index contributed by atoms with van der Waals surface area (Å²) in [7, 11) is 0. The lowest BCUT2D eigenvalue weighted by atomic mass is 10.2. The van der Waals surface area contributed by atoms with Crippen molar-refractivity contribution in [3.63, 3.8) is 0 Å². The Balaban J connectivity index is 1.80. The molecule has 0 unspecified atom stereocenters. The Hall–Kier alpha value is -1.55. The van der Waals surface area contributed by atoms with Crippen LogP contribution < -0.4 is 5.32 Å². The van der Waals surface area contributed by atoms with E-state index in [0.29, 0.717) is 0 Å². The van der Waals surface area contributed by atoms with Crippen LogP contribution in [-0.2, 0) is 13.1 Å². The largest absolute Gasteiger partial charge is 0.468 e. The van der Waals surface area contributed by atoms with Gasteiger partial charge in [-0.15, -0.1) is 0 Å². The highest BCUT2D eigenvalue weighted by Crippen LogP contribution is 2.10. The summed E-state index contributed by atoms with van der Waals surface area (Å²) >= 11 is 0. The van der Waals surface area contributed by atoms with E-state index >= 15 is 0 Å². The van der Waals surface area contributed by atoms with E-state index in [9.17, 15) is 0 Å². The minimum Gasteiger partial charge on any atom is -0.468 e. The van der Waals surface area contributed by atoms with Gasteiger partial charge in [0, 0.05) is 12.2 Å². The lowest BCUT2D eigenvalue weighted by Crippen LogP contribution is -2.20. The smallest absolute Gasteiger partial charge is 0.117 e. The SMILES string of the molecule is Cc1nn(CCNCc2ccco2)c(C)c1C. The molecule has 4 nitrogen and oxygen atoms in total. The monoisotopic (exact) mass is 233 g/mol. The molecule has 0 saturated carbocycles. The fourth-order valence-electron chi connectivity index (χ4n) is 1.81. The van der Waals surface area contributed by atoms with Gasteiger partial charge in [0.2, 0.25) is 0 Å². The van der Waals surface area contributed by atoms with Crippen molar-refractivity contribution in [1.29, 1.82) is 0 Å². The summed E-state index contributed by atoms with van der Waals surface area (Å²) in [6.07, 6.45) is 1.70. The molecule has 2 rings (SSSR count). The molecule has 2 heterocycles. The third kappa shape index (κ3) is 2.77. The van der Waals surface area contributed by atoms with Gasteiger partial charge >= 0.3 is 0 Å². The van der Waals surface area contributed by atoms with Crippen molar-refractivity contribution in [3.05, 3.63) is 41.1 Å². The molecule has 92 valence electrons. The fraction of sp³-hybridized carbons (Fsp3) is 0.462. The van der Waals surface area contributed by atoms with Crippen LogP contribution in [0.2, 0.25) is 0 Å². The number of nitrogens with zero attached hydrogens (tertiary/aromatic N) is 2. The van der Waals surface area contributed by atoms with Crippen LogP contribution in [0.5, 0.6) is 0 Å². The lowest BCUT2D eigenvalue weighted by molar-refractivity contribution is 0.468. The Kier molecular flexibility index (Phi) is 3.64. The summed E-state index contributed by atoms with van der Waals surface area (Å²) < 4.78 is 7.30. The first-order valence-corrected chi connectivity index (χ1v) is 5.92. The van der Waals surface area contributed by atoms with Crippen molar-refractivity contribution in [3.8, 4) is 0 Å². The summed E-state index contributed by atoms with van der Waals surface area (Å²) in [5.74, 6) is 0.967. The van der Waals surface area contributed by atoms with E-state index in [2.05, 4.69) is 35.9 Å². The summed E-state index contributed by atoms with van der Waals surface area (Å²) in [5.41, 5.74) is 3.66. The molecule has 0 aliphatic rings. The maximum atomic E-state index is 5.25. The third-order valence-electron chi connectivity index (χ3n) is 3.12. The number of furan rings is 1. The molecule has 0 amide bonds. The average molecular weight is 233 g/mol. The maximum Gasteiger partial charge on any atom is 0.117 e. The molecule has 0 aliphatic carbocycles. The summed E-state index contributed by atoms with van der Waals surface area (Å²) in [6, 6.07) is 3.88. The lowest BCUT2D eigenvalue weighted by Gasteiger charge is -2.05. The summed E-state index contributed by atoms with van der Waals surface area (Å²) in [4.78, 5) is 0. The number of rotatable bonds is 5. The van der Waals surface area contributed by atoms with E-state index in [1.54, 1.807) is 6.26 Å². The third-order valence-corrected chi connectivity index (χ3v) is 3.12. The highest BCUT2D eigenvalue weighted by Gasteiger charge is 2.06. The quantitative estimate of drug-likeness (QED) is 0.805. The van der Waals surface area contributed by atoms with Crippen molar-refractivity contribution in [2.75, 3.05) is 6.54 Å². The zero-order chi connectivity index (χ0) is 12.3. The van der Waals surface area contributed by atoms with Crippen LogP contribution in [-0.4, -0.2) is 16.3 Å². The van der Waals surface area contributed by atoms with Crippen LogP contribution in [0.15, 0.2) is 22.8 Å². The van der Waals surface area contributed by atoms with E-state index in [1.165, 1.54) is 11.3 Å². The molecule has 17 heavy (non-hydrogen) atoms. The van der Waals surface area contributed by atoms with Crippen molar-refractivity contribution < 1.29 is 4.42 Å². The first kappa shape index (κ1) is 11.9. The molecule has 0 bridgehead atoms. The summed E-state index contributed by atoms with van der Waals surface area (Å²) in [6.45, 7) is 8.83. The van der Waals surface area contributed by atoms with Gasteiger partial charge in [-0.2, -0.15) is 5.10 Å². The fourth-order valence-corrected chi connectivity index (χ4v) is 1.81. The van der Waals surface area contributed by atoms with Gasteiger partial charge in [0.15, 0.2) is 0 Å². The number of hydrogen-bond donors (Lipinski definition) is 1. The molecule has 2 aromatic rings. The first-order chi connectivity index (χ1) is 8.18. The van der Waals surface area contributed by atoms with Crippen LogP contribution >= 0.6 is 0 Å². The van der Waals surface area contributed by atoms with Crippen LogP contribution in [0.1, 0.15) is 22.7 Å². The summed E-state index contributed by atoms with van der Waals surface area (Å²) in [5, 5.41) is 7.84. The van der Waals surface area contributed by atoms with Gasteiger partial charge in [-0.3, -0.25) is 4.68 Å². The second-order valence-corrected chi connectivity index (χ2v) is 4.28. The minimum absolute atomic E-state index is 0.769. The molecular formula is C13H19N3O. The Morgan fingerprint density at radius 1 is 1.35 bits per heavy atom. The first-order valence-electron chi connectivity index (χ1n) is 5.92. The van der Waals surface area contributed by atoms with E-state index in [-0.39, 0.29) is 0 Å². The minimum atomic E-state index is 0.769. The van der Waals surface area contributed by atoms with Gasteiger partial charge < -0.3 is 9.73 Å². The zero-order valence-electron chi connectivity index (χ0n) is 10.7. The Labute approximate surface area is 102 Å². The molecule has 0 spiro atoms. The average Bonchev–Trinajstić information content (AvgIpc) is 2.90. The molecule has 4 heteroatoms. The second kappa shape index (κ2) is 5.19. The Morgan fingerprint density at radius 3 is 2.76 bits per heavy atom. The molecule has 0 aromatic carbocycles. The van der Waals surface area contributed by atoms with E-state index < -0.39 is 0 Å². The molecule has 0 saturated heterocycles. The topological polar surface area (TPSA) is 43.0 Å². The molecular weight excluding hydrogens is 214 g/mol. The standard InChI is InChI=1S/C13H19N3O/c1-10-11(2)15-16(12(10)3)7-6-14-9-13-5-4-8-17-13/h4-5,8,14H,6-7,9H2,1-3H3. The number of aryl methyl sites for hydroxylation is 1. The van der Waals surface area contributed by atoms with Crippen molar-refractivity contribution in [2.45, 2.75) is 33.9 Å². The van der Waals surface area contributed by atoms with Crippen molar-refractivity contribution >= 4 is 0 Å².